The van der Waals surface area contributed by atoms with E-state index in [0.717, 1.165) is 11.1 Å². The Morgan fingerprint density at radius 1 is 0.931 bits per heavy atom. The lowest BCUT2D eigenvalue weighted by atomic mass is 10.0. The van der Waals surface area contributed by atoms with Crippen molar-refractivity contribution in [1.82, 2.24) is 4.98 Å². The molecule has 0 unspecified atom stereocenters. The van der Waals surface area contributed by atoms with Crippen molar-refractivity contribution in [3.8, 4) is 0 Å². The number of hydrogen-bond donors (Lipinski definition) is 1. The van der Waals surface area contributed by atoms with Crippen LogP contribution in [0.1, 0.15) is 21.6 Å². The molecule has 2 aromatic carbocycles. The minimum absolute atomic E-state index is 0.00502. The SMILES string of the molecule is O=C(COC(=O)c1ncc(Cl)c(Cl)c1Cl)Nc1ccccc1Cc1ccccc1. The Kier molecular flexibility index (Phi) is 7.09. The average molecular weight is 450 g/mol. The molecule has 0 spiro atoms. The van der Waals surface area contributed by atoms with Gasteiger partial charge in [0.05, 0.1) is 15.1 Å². The highest BCUT2D eigenvalue weighted by molar-refractivity contribution is 6.48. The van der Waals surface area contributed by atoms with Gasteiger partial charge in [-0.05, 0) is 23.6 Å². The lowest BCUT2D eigenvalue weighted by molar-refractivity contribution is -0.119. The van der Waals surface area contributed by atoms with Gasteiger partial charge in [-0.3, -0.25) is 4.79 Å². The van der Waals surface area contributed by atoms with Gasteiger partial charge in [0.25, 0.3) is 5.91 Å². The molecule has 0 aliphatic carbocycles. The summed E-state index contributed by atoms with van der Waals surface area (Å²) < 4.78 is 5.00. The van der Waals surface area contributed by atoms with Gasteiger partial charge < -0.3 is 10.1 Å². The number of nitrogens with one attached hydrogen (secondary N) is 1. The standard InChI is InChI=1S/C21H15Cl3N2O3/c22-15-11-25-20(19(24)18(15)23)21(28)29-12-17(27)26-16-9-5-4-8-14(16)10-13-6-2-1-3-7-13/h1-9,11H,10,12H2,(H,26,27). The van der Waals surface area contributed by atoms with Crippen LogP contribution in [0.15, 0.2) is 60.8 Å². The van der Waals surface area contributed by atoms with Crippen LogP contribution in [0.5, 0.6) is 0 Å². The zero-order valence-electron chi connectivity index (χ0n) is 15.0. The van der Waals surface area contributed by atoms with Crippen molar-refractivity contribution >= 4 is 52.4 Å². The number of benzene rings is 2. The quantitative estimate of drug-likeness (QED) is 0.510. The first kappa shape index (κ1) is 21.1. The minimum atomic E-state index is -0.874. The van der Waals surface area contributed by atoms with E-state index in [4.69, 9.17) is 39.5 Å². The van der Waals surface area contributed by atoms with Crippen molar-refractivity contribution in [2.24, 2.45) is 0 Å². The summed E-state index contributed by atoms with van der Waals surface area (Å²) in [7, 11) is 0. The largest absolute Gasteiger partial charge is 0.451 e. The second kappa shape index (κ2) is 9.74. The Balaban J connectivity index is 1.63. The van der Waals surface area contributed by atoms with Crippen molar-refractivity contribution in [3.05, 3.63) is 92.7 Å². The van der Waals surface area contributed by atoms with Crippen LogP contribution in [0, 0.1) is 0 Å². The Hall–Kier alpha value is -2.60. The third-order valence-corrected chi connectivity index (χ3v) is 5.21. The molecule has 0 bridgehead atoms. The zero-order valence-corrected chi connectivity index (χ0v) is 17.3. The Morgan fingerprint density at radius 2 is 1.62 bits per heavy atom. The van der Waals surface area contributed by atoms with E-state index in [1.807, 2.05) is 48.5 Å². The van der Waals surface area contributed by atoms with Gasteiger partial charge >= 0.3 is 5.97 Å². The van der Waals surface area contributed by atoms with E-state index in [-0.39, 0.29) is 20.8 Å². The second-order valence-electron chi connectivity index (χ2n) is 6.03. The lowest BCUT2D eigenvalue weighted by Crippen LogP contribution is -2.22. The summed E-state index contributed by atoms with van der Waals surface area (Å²) in [6.45, 7) is -0.503. The van der Waals surface area contributed by atoms with Gasteiger partial charge in [0.1, 0.15) is 0 Å². The number of halogens is 3. The number of aromatic nitrogens is 1. The molecule has 0 atom stereocenters. The molecular formula is C21H15Cl3N2O3. The number of anilines is 1. The van der Waals surface area contributed by atoms with Crippen molar-refractivity contribution in [1.29, 1.82) is 0 Å². The van der Waals surface area contributed by atoms with Crippen LogP contribution in [-0.4, -0.2) is 23.5 Å². The molecular weight excluding hydrogens is 435 g/mol. The fourth-order valence-electron chi connectivity index (χ4n) is 2.58. The van der Waals surface area contributed by atoms with Gasteiger partial charge in [0, 0.05) is 11.9 Å². The summed E-state index contributed by atoms with van der Waals surface area (Å²) in [5.74, 6) is -1.36. The average Bonchev–Trinajstić information content (AvgIpc) is 2.72. The van der Waals surface area contributed by atoms with E-state index in [1.165, 1.54) is 6.20 Å². The van der Waals surface area contributed by atoms with Crippen LogP contribution in [0.4, 0.5) is 5.69 Å². The van der Waals surface area contributed by atoms with E-state index in [9.17, 15) is 9.59 Å². The van der Waals surface area contributed by atoms with Gasteiger partial charge in [0.15, 0.2) is 12.3 Å². The summed E-state index contributed by atoms with van der Waals surface area (Å²) in [5, 5.41) is 2.74. The van der Waals surface area contributed by atoms with Crippen LogP contribution in [0.25, 0.3) is 0 Å². The highest BCUT2D eigenvalue weighted by Crippen LogP contribution is 2.31. The summed E-state index contributed by atoms with van der Waals surface area (Å²) >= 11 is 17.6. The predicted octanol–water partition coefficient (Wildman–Crippen LogP) is 5.43. The Labute approximate surface area is 182 Å². The first-order valence-electron chi connectivity index (χ1n) is 8.54. The molecule has 0 saturated carbocycles. The van der Waals surface area contributed by atoms with Gasteiger partial charge in [-0.1, -0.05) is 83.3 Å². The molecule has 3 aromatic rings. The first-order valence-corrected chi connectivity index (χ1v) is 9.67. The molecule has 1 amide bonds. The van der Waals surface area contributed by atoms with E-state index in [2.05, 4.69) is 10.3 Å². The van der Waals surface area contributed by atoms with Crippen LogP contribution in [0.2, 0.25) is 15.1 Å². The molecule has 8 heteroatoms. The van der Waals surface area contributed by atoms with E-state index in [0.29, 0.717) is 12.1 Å². The summed E-state index contributed by atoms with van der Waals surface area (Å²) in [4.78, 5) is 28.2. The monoisotopic (exact) mass is 448 g/mol. The summed E-state index contributed by atoms with van der Waals surface area (Å²) in [6, 6.07) is 17.3. The van der Waals surface area contributed by atoms with Crippen molar-refractivity contribution in [3.63, 3.8) is 0 Å². The molecule has 1 heterocycles. The maximum atomic E-state index is 12.3. The first-order chi connectivity index (χ1) is 14.0. The number of nitrogens with zero attached hydrogens (tertiary/aromatic N) is 1. The fourth-order valence-corrected chi connectivity index (χ4v) is 3.14. The molecule has 0 saturated heterocycles. The van der Waals surface area contributed by atoms with Crippen LogP contribution in [0.3, 0.4) is 0 Å². The lowest BCUT2D eigenvalue weighted by Gasteiger charge is -2.12. The minimum Gasteiger partial charge on any atom is -0.451 e. The highest BCUT2D eigenvalue weighted by Gasteiger charge is 2.19. The highest BCUT2D eigenvalue weighted by atomic mass is 35.5. The topological polar surface area (TPSA) is 68.3 Å². The Bertz CT molecular complexity index is 1040. The smallest absolute Gasteiger partial charge is 0.359 e. The molecule has 1 N–H and O–H groups in total. The molecule has 5 nitrogen and oxygen atoms in total. The van der Waals surface area contributed by atoms with E-state index < -0.39 is 18.5 Å². The molecule has 1 aromatic heterocycles. The Morgan fingerprint density at radius 3 is 2.38 bits per heavy atom. The van der Waals surface area contributed by atoms with Crippen LogP contribution >= 0.6 is 34.8 Å². The number of esters is 1. The van der Waals surface area contributed by atoms with Crippen molar-refractivity contribution in [2.45, 2.75) is 6.42 Å². The number of rotatable bonds is 6. The number of hydrogen-bond acceptors (Lipinski definition) is 4. The normalized spacial score (nSPS) is 10.4. The zero-order chi connectivity index (χ0) is 20.8. The predicted molar refractivity (Wildman–Crippen MR) is 114 cm³/mol. The van der Waals surface area contributed by atoms with Crippen LogP contribution < -0.4 is 5.32 Å². The molecule has 0 radical (unpaired) electrons. The summed E-state index contributed by atoms with van der Waals surface area (Å²) in [6.07, 6.45) is 1.84. The van der Waals surface area contributed by atoms with Crippen molar-refractivity contribution in [2.75, 3.05) is 11.9 Å². The molecule has 0 aliphatic rings. The third-order valence-electron chi connectivity index (χ3n) is 3.97. The maximum absolute atomic E-state index is 12.3. The maximum Gasteiger partial charge on any atom is 0.359 e. The van der Waals surface area contributed by atoms with Gasteiger partial charge in [-0.25, -0.2) is 9.78 Å². The third kappa shape index (κ3) is 5.48. The molecule has 148 valence electrons. The van der Waals surface area contributed by atoms with Gasteiger partial charge in [-0.15, -0.1) is 0 Å². The number of carbonyl (C=O) groups is 2. The number of carbonyl (C=O) groups excluding carboxylic acids is 2. The number of para-hydroxylation sites is 1. The molecule has 29 heavy (non-hydrogen) atoms. The molecule has 0 aliphatic heterocycles. The van der Waals surface area contributed by atoms with Crippen molar-refractivity contribution < 1.29 is 14.3 Å². The fraction of sp³-hybridized carbons (Fsp3) is 0.0952. The van der Waals surface area contributed by atoms with Gasteiger partial charge in [0.2, 0.25) is 0 Å². The molecule has 0 fully saturated rings. The van der Waals surface area contributed by atoms with Gasteiger partial charge in [-0.2, -0.15) is 0 Å². The second-order valence-corrected chi connectivity index (χ2v) is 7.19. The summed E-state index contributed by atoms with van der Waals surface area (Å²) in [5.41, 5.74) is 2.48. The van der Waals surface area contributed by atoms with Crippen LogP contribution in [-0.2, 0) is 16.0 Å². The molecule has 3 rings (SSSR count). The number of ether oxygens (including phenoxy) is 1. The van der Waals surface area contributed by atoms with E-state index >= 15 is 0 Å². The van der Waals surface area contributed by atoms with E-state index in [1.54, 1.807) is 6.07 Å². The number of amides is 1. The number of pyridine rings is 1.